The quantitative estimate of drug-likeness (QED) is 0.881. The van der Waals surface area contributed by atoms with Crippen molar-refractivity contribution >= 4 is 0 Å². The average Bonchev–Trinajstić information content (AvgIpc) is 2.57. The van der Waals surface area contributed by atoms with Gasteiger partial charge in [0.1, 0.15) is 11.6 Å². The van der Waals surface area contributed by atoms with Crippen LogP contribution in [0.1, 0.15) is 11.4 Å². The number of hydrogen-bond acceptors (Lipinski definition) is 2. The van der Waals surface area contributed by atoms with Gasteiger partial charge in [-0.1, -0.05) is 12.1 Å². The Bertz CT molecular complexity index is 531. The molecule has 0 unspecified atom stereocenters. The lowest BCUT2D eigenvalue weighted by atomic mass is 10.2. The van der Waals surface area contributed by atoms with Crippen molar-refractivity contribution in [1.29, 1.82) is 0 Å². The largest absolute Gasteiger partial charge is 0.330 e. The van der Waals surface area contributed by atoms with Gasteiger partial charge >= 0.3 is 0 Å². The molecule has 0 saturated carbocycles. The highest BCUT2D eigenvalue weighted by Crippen LogP contribution is 2.21. The number of benzene rings is 1. The van der Waals surface area contributed by atoms with Gasteiger partial charge in [0.2, 0.25) is 0 Å². The Morgan fingerprint density at radius 1 is 1.41 bits per heavy atom. The molecular formula is C13H16FN3. The standard InChI is InChI=1S/C13H16FN3/c1-9-12(8-15-2)17(3)13(16-9)10-5-4-6-11(14)7-10/h4-7,15H,8H2,1-3H3. The number of hydrogen-bond donors (Lipinski definition) is 1. The predicted molar refractivity (Wildman–Crippen MR) is 66.1 cm³/mol. The van der Waals surface area contributed by atoms with Gasteiger partial charge in [-0.15, -0.1) is 0 Å². The van der Waals surface area contributed by atoms with Gasteiger partial charge in [0.05, 0.1) is 11.4 Å². The zero-order valence-electron chi connectivity index (χ0n) is 10.3. The maximum Gasteiger partial charge on any atom is 0.140 e. The molecule has 0 atom stereocenters. The Balaban J connectivity index is 2.50. The highest BCUT2D eigenvalue weighted by Gasteiger charge is 2.12. The number of imidazole rings is 1. The lowest BCUT2D eigenvalue weighted by molar-refractivity contribution is 0.628. The molecule has 3 nitrogen and oxygen atoms in total. The monoisotopic (exact) mass is 233 g/mol. The molecule has 0 saturated heterocycles. The van der Waals surface area contributed by atoms with E-state index in [-0.39, 0.29) is 5.82 Å². The molecule has 1 N–H and O–H groups in total. The molecule has 0 aliphatic carbocycles. The molecule has 0 radical (unpaired) electrons. The summed E-state index contributed by atoms with van der Waals surface area (Å²) in [5.41, 5.74) is 2.89. The summed E-state index contributed by atoms with van der Waals surface area (Å²) in [6.45, 7) is 2.72. The molecule has 0 amide bonds. The number of aryl methyl sites for hydroxylation is 1. The number of aromatic nitrogens is 2. The first kappa shape index (κ1) is 11.8. The molecule has 1 heterocycles. The van der Waals surface area contributed by atoms with Crippen LogP contribution in [0.3, 0.4) is 0 Å². The molecule has 0 fully saturated rings. The summed E-state index contributed by atoms with van der Waals surface area (Å²) < 4.78 is 15.2. The summed E-state index contributed by atoms with van der Waals surface area (Å²) in [5, 5.41) is 3.11. The molecular weight excluding hydrogens is 217 g/mol. The van der Waals surface area contributed by atoms with Crippen LogP contribution in [0.15, 0.2) is 24.3 Å². The summed E-state index contributed by atoms with van der Waals surface area (Å²) in [4.78, 5) is 4.50. The van der Waals surface area contributed by atoms with Gasteiger partial charge in [-0.2, -0.15) is 0 Å². The third-order valence-electron chi connectivity index (χ3n) is 2.84. The van der Waals surface area contributed by atoms with E-state index in [1.165, 1.54) is 12.1 Å². The Labute approximate surface area is 100 Å². The Kier molecular flexibility index (Phi) is 3.24. The molecule has 0 aliphatic rings. The van der Waals surface area contributed by atoms with Crippen LogP contribution < -0.4 is 5.32 Å². The van der Waals surface area contributed by atoms with E-state index in [2.05, 4.69) is 10.3 Å². The number of halogens is 1. The first-order valence-electron chi connectivity index (χ1n) is 5.56. The summed E-state index contributed by atoms with van der Waals surface area (Å²) >= 11 is 0. The maximum absolute atomic E-state index is 13.2. The van der Waals surface area contributed by atoms with Gasteiger partial charge in [-0.05, 0) is 26.1 Å². The molecule has 1 aromatic heterocycles. The van der Waals surface area contributed by atoms with Gasteiger partial charge in [0.15, 0.2) is 0 Å². The van der Waals surface area contributed by atoms with Gasteiger partial charge in [0.25, 0.3) is 0 Å². The minimum atomic E-state index is -0.238. The first-order chi connectivity index (χ1) is 8.13. The van der Waals surface area contributed by atoms with Gasteiger partial charge in [-0.3, -0.25) is 0 Å². The van der Waals surface area contributed by atoms with E-state index in [1.54, 1.807) is 6.07 Å². The van der Waals surface area contributed by atoms with Crippen molar-refractivity contribution in [3.63, 3.8) is 0 Å². The van der Waals surface area contributed by atoms with Crippen molar-refractivity contribution in [2.45, 2.75) is 13.5 Å². The van der Waals surface area contributed by atoms with Crippen LogP contribution in [0.4, 0.5) is 4.39 Å². The number of nitrogens with one attached hydrogen (secondary N) is 1. The van der Waals surface area contributed by atoms with Crippen LogP contribution >= 0.6 is 0 Å². The summed E-state index contributed by atoms with van der Waals surface area (Å²) in [7, 11) is 3.85. The second-order valence-corrected chi connectivity index (χ2v) is 4.07. The van der Waals surface area contributed by atoms with Crippen LogP contribution in [0, 0.1) is 12.7 Å². The van der Waals surface area contributed by atoms with Crippen molar-refractivity contribution < 1.29 is 4.39 Å². The van der Waals surface area contributed by atoms with E-state index in [0.29, 0.717) is 0 Å². The van der Waals surface area contributed by atoms with Gasteiger partial charge in [0, 0.05) is 19.2 Å². The minimum Gasteiger partial charge on any atom is -0.330 e. The van der Waals surface area contributed by atoms with Crippen LogP contribution in [-0.4, -0.2) is 16.6 Å². The van der Waals surface area contributed by atoms with E-state index in [0.717, 1.165) is 29.3 Å². The Morgan fingerprint density at radius 3 is 2.82 bits per heavy atom. The maximum atomic E-state index is 13.2. The van der Waals surface area contributed by atoms with E-state index >= 15 is 0 Å². The molecule has 4 heteroatoms. The van der Waals surface area contributed by atoms with E-state index in [9.17, 15) is 4.39 Å². The minimum absolute atomic E-state index is 0.238. The zero-order chi connectivity index (χ0) is 12.4. The lowest BCUT2D eigenvalue weighted by Crippen LogP contribution is -2.10. The van der Waals surface area contributed by atoms with Gasteiger partial charge < -0.3 is 9.88 Å². The summed E-state index contributed by atoms with van der Waals surface area (Å²) in [5.74, 6) is 0.561. The molecule has 1 aromatic carbocycles. The van der Waals surface area contributed by atoms with Crippen LogP contribution in [-0.2, 0) is 13.6 Å². The van der Waals surface area contributed by atoms with E-state index in [4.69, 9.17) is 0 Å². The second-order valence-electron chi connectivity index (χ2n) is 4.07. The number of nitrogens with zero attached hydrogens (tertiary/aromatic N) is 2. The van der Waals surface area contributed by atoms with E-state index < -0.39 is 0 Å². The smallest absolute Gasteiger partial charge is 0.140 e. The first-order valence-corrected chi connectivity index (χ1v) is 5.56. The third kappa shape index (κ3) is 2.22. The van der Waals surface area contributed by atoms with Crippen molar-refractivity contribution in [3.05, 3.63) is 41.5 Å². The zero-order valence-corrected chi connectivity index (χ0v) is 10.3. The number of rotatable bonds is 3. The molecule has 2 rings (SSSR count). The molecule has 0 aliphatic heterocycles. The normalized spacial score (nSPS) is 10.8. The van der Waals surface area contributed by atoms with Crippen LogP contribution in [0.5, 0.6) is 0 Å². The average molecular weight is 233 g/mol. The molecule has 90 valence electrons. The summed E-state index contributed by atoms with van der Waals surface area (Å²) in [6, 6.07) is 6.51. The Hall–Kier alpha value is -1.68. The molecule has 0 bridgehead atoms. The van der Waals surface area contributed by atoms with Crippen molar-refractivity contribution in [1.82, 2.24) is 14.9 Å². The van der Waals surface area contributed by atoms with E-state index in [1.807, 2.05) is 31.7 Å². The van der Waals surface area contributed by atoms with Crippen LogP contribution in [0.2, 0.25) is 0 Å². The topological polar surface area (TPSA) is 29.9 Å². The lowest BCUT2D eigenvalue weighted by Gasteiger charge is -2.06. The van der Waals surface area contributed by atoms with Crippen molar-refractivity contribution in [2.75, 3.05) is 7.05 Å². The highest BCUT2D eigenvalue weighted by atomic mass is 19.1. The fraction of sp³-hybridized carbons (Fsp3) is 0.308. The highest BCUT2D eigenvalue weighted by molar-refractivity contribution is 5.56. The van der Waals surface area contributed by atoms with Crippen molar-refractivity contribution in [2.24, 2.45) is 7.05 Å². The predicted octanol–water partition coefficient (Wildman–Crippen LogP) is 2.25. The molecule has 17 heavy (non-hydrogen) atoms. The second kappa shape index (κ2) is 4.67. The SMILES string of the molecule is CNCc1c(C)nc(-c2cccc(F)c2)n1C. The summed E-state index contributed by atoms with van der Waals surface area (Å²) in [6.07, 6.45) is 0. The van der Waals surface area contributed by atoms with Crippen LogP contribution in [0.25, 0.3) is 11.4 Å². The van der Waals surface area contributed by atoms with Crippen molar-refractivity contribution in [3.8, 4) is 11.4 Å². The Morgan fingerprint density at radius 2 is 2.18 bits per heavy atom. The fourth-order valence-corrected chi connectivity index (χ4v) is 1.97. The fourth-order valence-electron chi connectivity index (χ4n) is 1.97. The third-order valence-corrected chi connectivity index (χ3v) is 2.84. The van der Waals surface area contributed by atoms with Gasteiger partial charge in [-0.25, -0.2) is 9.37 Å². The molecule has 0 spiro atoms. The molecule has 2 aromatic rings.